The van der Waals surface area contributed by atoms with Gasteiger partial charge in [0.25, 0.3) is 11.8 Å². The molecule has 2 saturated heterocycles. The van der Waals surface area contributed by atoms with Crippen molar-refractivity contribution in [3.8, 4) is 0 Å². The lowest BCUT2D eigenvalue weighted by Crippen LogP contribution is -2.54. The number of hydrogen-bond donors (Lipinski definition) is 3. The molecule has 5 rings (SSSR count). The molecular weight excluding hydrogens is 438 g/mol. The molecule has 4 amide bonds. The molecule has 0 saturated carbocycles. The number of carbonyl (C=O) groups is 4. The van der Waals surface area contributed by atoms with Crippen molar-refractivity contribution >= 4 is 35.1 Å². The summed E-state index contributed by atoms with van der Waals surface area (Å²) in [5.74, 6) is -0.961. The van der Waals surface area contributed by atoms with Crippen LogP contribution in [0.3, 0.4) is 0 Å². The van der Waals surface area contributed by atoms with Crippen molar-refractivity contribution in [3.63, 3.8) is 0 Å². The van der Waals surface area contributed by atoms with E-state index in [4.69, 9.17) is 0 Å². The Morgan fingerprint density at radius 1 is 1.09 bits per heavy atom. The Morgan fingerprint density at radius 3 is 2.56 bits per heavy atom. The summed E-state index contributed by atoms with van der Waals surface area (Å²) >= 11 is 0. The van der Waals surface area contributed by atoms with Crippen LogP contribution in [-0.2, 0) is 23.2 Å². The van der Waals surface area contributed by atoms with Gasteiger partial charge in [-0.2, -0.15) is 5.10 Å². The van der Waals surface area contributed by atoms with E-state index in [1.807, 2.05) is 18.7 Å². The minimum atomic E-state index is -0.971. The number of piperazine rings is 1. The summed E-state index contributed by atoms with van der Waals surface area (Å²) in [5.41, 5.74) is 3.22. The lowest BCUT2D eigenvalue weighted by atomic mass is 10.0. The van der Waals surface area contributed by atoms with E-state index in [2.05, 4.69) is 25.9 Å². The number of carbonyl (C=O) groups excluding carboxylic acids is 4. The summed E-state index contributed by atoms with van der Waals surface area (Å²) in [4.78, 5) is 53.0. The maximum atomic E-state index is 13.1. The van der Waals surface area contributed by atoms with E-state index in [0.717, 1.165) is 48.2 Å². The molecule has 2 aromatic rings. The summed E-state index contributed by atoms with van der Waals surface area (Å²) in [5, 5.41) is 13.5. The summed E-state index contributed by atoms with van der Waals surface area (Å²) in [6.07, 6.45) is 0.229. The summed E-state index contributed by atoms with van der Waals surface area (Å²) in [7, 11) is 1.94. The van der Waals surface area contributed by atoms with Crippen LogP contribution in [0.1, 0.15) is 44.8 Å². The topological polar surface area (TPSA) is 129 Å². The number of amides is 4. The lowest BCUT2D eigenvalue weighted by Gasteiger charge is -2.30. The van der Waals surface area contributed by atoms with Gasteiger partial charge in [0.15, 0.2) is 0 Å². The Morgan fingerprint density at radius 2 is 1.82 bits per heavy atom. The highest BCUT2D eigenvalue weighted by Crippen LogP contribution is 2.30. The maximum Gasteiger partial charge on any atom is 0.262 e. The average Bonchev–Trinajstić information content (AvgIpc) is 3.24. The van der Waals surface area contributed by atoms with Crippen LogP contribution in [0.4, 0.5) is 11.5 Å². The van der Waals surface area contributed by atoms with Crippen LogP contribution in [0, 0.1) is 6.92 Å². The van der Waals surface area contributed by atoms with Crippen molar-refractivity contribution in [1.29, 1.82) is 0 Å². The van der Waals surface area contributed by atoms with Gasteiger partial charge < -0.3 is 15.5 Å². The molecule has 1 aromatic heterocycles. The first-order chi connectivity index (χ1) is 16.3. The third-order valence-electron chi connectivity index (χ3n) is 6.64. The lowest BCUT2D eigenvalue weighted by molar-refractivity contribution is -0.136. The van der Waals surface area contributed by atoms with Crippen LogP contribution in [0.2, 0.25) is 0 Å². The van der Waals surface area contributed by atoms with E-state index in [9.17, 15) is 19.2 Å². The number of imide groups is 2. The first kappa shape index (κ1) is 22.1. The van der Waals surface area contributed by atoms with Crippen LogP contribution < -0.4 is 20.9 Å². The van der Waals surface area contributed by atoms with Crippen LogP contribution in [-0.4, -0.2) is 70.5 Å². The third-order valence-corrected chi connectivity index (χ3v) is 6.64. The number of aromatic nitrogens is 2. The smallest absolute Gasteiger partial charge is 0.262 e. The molecule has 3 aliphatic heterocycles. The van der Waals surface area contributed by atoms with Crippen molar-refractivity contribution in [2.24, 2.45) is 7.05 Å². The second-order valence-corrected chi connectivity index (χ2v) is 8.81. The van der Waals surface area contributed by atoms with E-state index in [1.165, 1.54) is 0 Å². The quantitative estimate of drug-likeness (QED) is 0.533. The molecule has 0 radical (unpaired) electrons. The molecule has 3 aliphatic rings. The van der Waals surface area contributed by atoms with Gasteiger partial charge in [-0.3, -0.25) is 34.1 Å². The molecule has 1 atom stereocenters. The van der Waals surface area contributed by atoms with Crippen molar-refractivity contribution in [2.45, 2.75) is 32.4 Å². The maximum absolute atomic E-state index is 13.1. The molecule has 1 unspecified atom stereocenters. The molecule has 0 aliphatic carbocycles. The average molecular weight is 466 g/mol. The van der Waals surface area contributed by atoms with Crippen molar-refractivity contribution in [3.05, 3.63) is 40.6 Å². The second-order valence-electron chi connectivity index (χ2n) is 8.81. The molecule has 0 bridgehead atoms. The highest BCUT2D eigenvalue weighted by atomic mass is 16.2. The van der Waals surface area contributed by atoms with Crippen molar-refractivity contribution in [1.82, 2.24) is 25.3 Å². The molecule has 11 nitrogen and oxygen atoms in total. The third kappa shape index (κ3) is 3.71. The number of hydrogen-bond acceptors (Lipinski definition) is 8. The zero-order valence-corrected chi connectivity index (χ0v) is 19.2. The summed E-state index contributed by atoms with van der Waals surface area (Å²) < 4.78 is 1.90. The molecule has 2 fully saturated rings. The van der Waals surface area contributed by atoms with Crippen LogP contribution in [0.25, 0.3) is 0 Å². The Labute approximate surface area is 196 Å². The fourth-order valence-electron chi connectivity index (χ4n) is 4.94. The molecule has 34 heavy (non-hydrogen) atoms. The number of nitrogens with zero attached hydrogens (tertiary/aromatic N) is 4. The highest BCUT2D eigenvalue weighted by molar-refractivity contribution is 6.23. The van der Waals surface area contributed by atoms with Crippen molar-refractivity contribution < 1.29 is 19.2 Å². The number of rotatable bonds is 5. The minimum Gasteiger partial charge on any atom is -0.381 e. The first-order valence-electron chi connectivity index (χ1n) is 11.4. The zero-order chi connectivity index (χ0) is 24.0. The fourth-order valence-corrected chi connectivity index (χ4v) is 4.94. The number of fused-ring (bicyclic) bond motifs is 1. The SMILES string of the molecule is Cc1nn(C)c(N2CCNCC2)c1CNc1ccc2c(c1)C(=O)N(C1CCC(=O)NC1=O)C2=O. The molecule has 4 heterocycles. The van der Waals surface area contributed by atoms with Crippen LogP contribution in [0.15, 0.2) is 18.2 Å². The van der Waals surface area contributed by atoms with Crippen LogP contribution >= 0.6 is 0 Å². The molecule has 1 aromatic carbocycles. The summed E-state index contributed by atoms with van der Waals surface area (Å²) in [6.45, 7) is 6.13. The standard InChI is InChI=1S/C23H27N7O4/c1-13-17(21(28(2)27-13)29-9-7-24-8-10-29)12-25-14-3-4-15-16(11-14)23(34)30(22(15)33)18-5-6-19(31)26-20(18)32/h3-4,11,18,24-25H,5-10,12H2,1-2H3,(H,26,31,32). The van der Waals surface area contributed by atoms with E-state index in [-0.39, 0.29) is 24.0 Å². The van der Waals surface area contributed by atoms with E-state index >= 15 is 0 Å². The highest BCUT2D eigenvalue weighted by Gasteiger charge is 2.44. The number of anilines is 2. The Kier molecular flexibility index (Phi) is 5.56. The number of piperidine rings is 1. The second kappa shape index (κ2) is 8.56. The van der Waals surface area contributed by atoms with E-state index in [1.54, 1.807) is 18.2 Å². The number of nitrogens with one attached hydrogen (secondary N) is 3. The van der Waals surface area contributed by atoms with Crippen molar-refractivity contribution in [2.75, 3.05) is 36.4 Å². The summed E-state index contributed by atoms with van der Waals surface area (Å²) in [6, 6.07) is 4.05. The molecular formula is C23H27N7O4. The van der Waals surface area contributed by atoms with Gasteiger partial charge in [-0.05, 0) is 31.5 Å². The molecule has 11 heteroatoms. The van der Waals surface area contributed by atoms with E-state index in [0.29, 0.717) is 12.2 Å². The van der Waals surface area contributed by atoms with Gasteiger partial charge in [-0.15, -0.1) is 0 Å². The minimum absolute atomic E-state index is 0.0937. The monoisotopic (exact) mass is 465 g/mol. The molecule has 3 N–H and O–H groups in total. The number of benzene rings is 1. The Hall–Kier alpha value is -3.73. The van der Waals surface area contributed by atoms with Gasteiger partial charge in [0.2, 0.25) is 11.8 Å². The Bertz CT molecular complexity index is 1200. The number of aryl methyl sites for hydroxylation is 2. The predicted molar refractivity (Wildman–Crippen MR) is 123 cm³/mol. The van der Waals surface area contributed by atoms with Gasteiger partial charge in [0.1, 0.15) is 11.9 Å². The van der Waals surface area contributed by atoms with Gasteiger partial charge in [0, 0.05) is 57.4 Å². The zero-order valence-electron chi connectivity index (χ0n) is 19.2. The van der Waals surface area contributed by atoms with Gasteiger partial charge in [-0.1, -0.05) is 0 Å². The van der Waals surface area contributed by atoms with Gasteiger partial charge in [-0.25, -0.2) is 0 Å². The molecule has 178 valence electrons. The van der Waals surface area contributed by atoms with Crippen LogP contribution in [0.5, 0.6) is 0 Å². The predicted octanol–water partition coefficient (Wildman–Crippen LogP) is 0.151. The van der Waals surface area contributed by atoms with Gasteiger partial charge in [0.05, 0.1) is 16.8 Å². The van der Waals surface area contributed by atoms with Gasteiger partial charge >= 0.3 is 0 Å². The Balaban J connectivity index is 1.35. The first-order valence-corrected chi connectivity index (χ1v) is 11.4. The normalized spacial score (nSPS) is 20.6. The fraction of sp³-hybridized carbons (Fsp3) is 0.435. The van der Waals surface area contributed by atoms with E-state index < -0.39 is 29.7 Å². The largest absolute Gasteiger partial charge is 0.381 e. The molecule has 0 spiro atoms.